The molecule has 0 amide bonds. The first kappa shape index (κ1) is 21.2. The van der Waals surface area contributed by atoms with Crippen LogP contribution in [-0.4, -0.2) is 44.5 Å². The summed E-state index contributed by atoms with van der Waals surface area (Å²) in [5, 5.41) is 0. The van der Waals surface area contributed by atoms with E-state index in [0.29, 0.717) is 5.88 Å². The lowest BCUT2D eigenvalue weighted by atomic mass is 10.3. The Morgan fingerprint density at radius 1 is 1.25 bits per heavy atom. The molecule has 0 aliphatic carbocycles. The summed E-state index contributed by atoms with van der Waals surface area (Å²) in [7, 11) is 0.864. The summed E-state index contributed by atoms with van der Waals surface area (Å²) in [5.74, 6) is 0.682. The summed E-state index contributed by atoms with van der Waals surface area (Å²) < 4.78 is 6.87. The lowest BCUT2D eigenvalue weighted by molar-refractivity contribution is 0.321. The van der Waals surface area contributed by atoms with Crippen LogP contribution in [0.2, 0.25) is 24.2 Å². The molecule has 0 aromatic carbocycles. The molecule has 0 aliphatic heterocycles. The molecule has 1 aromatic heterocycles. The normalized spacial score (nSPS) is 12.0. The summed E-state index contributed by atoms with van der Waals surface area (Å²) in [6, 6.07) is 7.17. The fraction of sp³-hybridized carbons (Fsp3) is 0.667. The Morgan fingerprint density at radius 2 is 1.88 bits per heavy atom. The Balaban J connectivity index is 2.77. The third-order valence-corrected chi connectivity index (χ3v) is 11.5. The average molecular weight is 414 g/mol. The van der Waals surface area contributed by atoms with E-state index in [-0.39, 0.29) is 0 Å². The Labute approximate surface area is 156 Å². The molecule has 0 fully saturated rings. The van der Waals surface area contributed by atoms with Crippen LogP contribution in [-0.2, 0) is 0 Å². The maximum atomic E-state index is 5.99. The molecule has 1 heterocycles. The monoisotopic (exact) mass is 413 g/mol. The number of nitrogens with zero attached hydrogens (tertiary/aromatic N) is 3. The summed E-state index contributed by atoms with van der Waals surface area (Å²) >= 11 is 3.57. The van der Waals surface area contributed by atoms with Gasteiger partial charge in [0.25, 0.3) is 0 Å². The van der Waals surface area contributed by atoms with Gasteiger partial charge in [0.05, 0.1) is 36.9 Å². The van der Waals surface area contributed by atoms with Crippen LogP contribution in [0.15, 0.2) is 15.5 Å². The topological polar surface area (TPSA) is 37.7 Å². The highest BCUT2D eigenvalue weighted by atomic mass is 79.9. The first-order chi connectivity index (χ1) is 11.4. The largest absolute Gasteiger partial charge is 0.477 e. The smallest absolute Gasteiger partial charge is 0.228 e. The molecule has 0 radical (unpaired) electrons. The van der Waals surface area contributed by atoms with Crippen molar-refractivity contribution in [3.63, 3.8) is 0 Å². The second-order valence-corrected chi connectivity index (χ2v) is 12.8. The maximum Gasteiger partial charge on any atom is 0.228 e. The number of aromatic nitrogens is 1. The molecule has 0 saturated carbocycles. The van der Waals surface area contributed by atoms with Gasteiger partial charge in [-0.2, -0.15) is 0 Å². The molecule has 0 spiro atoms. The molecule has 6 heteroatoms. The maximum absolute atomic E-state index is 5.99. The van der Waals surface area contributed by atoms with Crippen LogP contribution in [0.1, 0.15) is 33.4 Å². The van der Waals surface area contributed by atoms with Gasteiger partial charge >= 0.3 is 0 Å². The molecule has 0 saturated heterocycles. The Hall–Kier alpha value is -0.883. The molecule has 0 aliphatic rings. The van der Waals surface area contributed by atoms with E-state index in [1.807, 2.05) is 31.3 Å². The molecule has 24 heavy (non-hydrogen) atoms. The van der Waals surface area contributed by atoms with Gasteiger partial charge in [-0.15, -0.1) is 0 Å². The fourth-order valence-corrected chi connectivity index (χ4v) is 6.18. The van der Waals surface area contributed by atoms with E-state index in [1.54, 1.807) is 0 Å². The van der Waals surface area contributed by atoms with Crippen LogP contribution in [0.3, 0.4) is 0 Å². The number of pyridine rings is 1. The first-order valence-electron chi connectivity index (χ1n) is 8.95. The van der Waals surface area contributed by atoms with Crippen LogP contribution < -0.4 is 4.74 Å². The second-order valence-electron chi connectivity index (χ2n) is 6.36. The number of aryl methyl sites for hydroxylation is 1. The highest BCUT2D eigenvalue weighted by Crippen LogP contribution is 2.31. The van der Waals surface area contributed by atoms with E-state index in [1.165, 1.54) is 24.2 Å². The predicted octanol–water partition coefficient (Wildman–Crippen LogP) is 5.65. The molecule has 0 N–H and O–H groups in total. The summed E-state index contributed by atoms with van der Waals surface area (Å²) in [4.78, 5) is 11.1. The van der Waals surface area contributed by atoms with Gasteiger partial charge < -0.3 is 9.64 Å². The van der Waals surface area contributed by atoms with Gasteiger partial charge in [0.2, 0.25) is 5.88 Å². The number of hydrogen-bond donors (Lipinski definition) is 0. The van der Waals surface area contributed by atoms with E-state index >= 15 is 0 Å². The summed E-state index contributed by atoms with van der Waals surface area (Å²) in [6.45, 7) is 12.7. The number of hydrogen-bond acceptors (Lipinski definition) is 3. The van der Waals surface area contributed by atoms with Crippen LogP contribution in [0.5, 0.6) is 5.88 Å². The van der Waals surface area contributed by atoms with E-state index in [9.17, 15) is 0 Å². The zero-order valence-corrected chi connectivity index (χ0v) is 18.6. The van der Waals surface area contributed by atoms with Crippen molar-refractivity contribution in [1.82, 2.24) is 9.88 Å². The lowest BCUT2D eigenvalue weighted by Crippen LogP contribution is -2.33. The van der Waals surface area contributed by atoms with Gasteiger partial charge in [-0.05, 0) is 41.9 Å². The molecule has 136 valence electrons. The highest BCUT2D eigenvalue weighted by Gasteiger charge is 2.26. The zero-order valence-electron chi connectivity index (χ0n) is 16.0. The minimum absolute atomic E-state index is 0.682. The molecular formula is C18H32BrN3OSi. The van der Waals surface area contributed by atoms with Gasteiger partial charge in [-0.3, -0.25) is 0 Å². The van der Waals surface area contributed by atoms with Crippen molar-refractivity contribution in [3.8, 4) is 5.88 Å². The third-order valence-electron chi connectivity index (χ3n) is 5.12. The number of halogens is 1. The number of ether oxygens (including phenoxy) is 1. The van der Waals surface area contributed by atoms with E-state index in [2.05, 4.69) is 53.6 Å². The average Bonchev–Trinajstić information content (AvgIpc) is 2.60. The zero-order chi connectivity index (χ0) is 18.2. The molecule has 0 atom stereocenters. The lowest BCUT2D eigenvalue weighted by Gasteiger charge is -2.27. The van der Waals surface area contributed by atoms with Crippen LogP contribution in [0.4, 0.5) is 5.69 Å². The highest BCUT2D eigenvalue weighted by molar-refractivity contribution is 9.10. The van der Waals surface area contributed by atoms with Crippen LogP contribution in [0, 0.1) is 6.92 Å². The van der Waals surface area contributed by atoms with Crippen molar-refractivity contribution < 1.29 is 4.74 Å². The van der Waals surface area contributed by atoms with Crippen molar-refractivity contribution in [2.24, 2.45) is 4.99 Å². The van der Waals surface area contributed by atoms with Crippen molar-refractivity contribution >= 4 is 36.0 Å². The Morgan fingerprint density at radius 3 is 2.42 bits per heavy atom. The minimum Gasteiger partial charge on any atom is -0.477 e. The van der Waals surface area contributed by atoms with E-state index in [4.69, 9.17) is 4.74 Å². The number of rotatable bonds is 10. The summed E-state index contributed by atoms with van der Waals surface area (Å²) in [5.41, 5.74) is 1.76. The predicted molar refractivity (Wildman–Crippen MR) is 111 cm³/mol. The summed E-state index contributed by atoms with van der Waals surface area (Å²) in [6.07, 6.45) is 1.83. The molecule has 0 unspecified atom stereocenters. The van der Waals surface area contributed by atoms with Crippen molar-refractivity contribution in [2.45, 2.75) is 58.8 Å². The molecule has 1 aromatic rings. The van der Waals surface area contributed by atoms with E-state index < -0.39 is 8.07 Å². The van der Waals surface area contributed by atoms with Gasteiger partial charge in [0.15, 0.2) is 0 Å². The Bertz CT molecular complexity index is 539. The standard InChI is InChI=1S/C18H32BrN3OSi/c1-7-22(6)14-20-17-13-16(19)18(21-15(17)5)23-11-12-24(8-2,9-3)10-4/h13-14H,7-12H2,1-6H3/b20-14+. The van der Waals surface area contributed by atoms with Crippen LogP contribution >= 0.6 is 15.9 Å². The second kappa shape index (κ2) is 10.2. The van der Waals surface area contributed by atoms with Gasteiger partial charge in [0.1, 0.15) is 0 Å². The molecule has 1 rings (SSSR count). The molecule has 0 bridgehead atoms. The van der Waals surface area contributed by atoms with Crippen molar-refractivity contribution in [2.75, 3.05) is 20.2 Å². The number of aliphatic imine (C=N–C) groups is 1. The van der Waals surface area contributed by atoms with Gasteiger partial charge in [-0.25, -0.2) is 9.98 Å². The first-order valence-corrected chi connectivity index (χ1v) is 12.6. The fourth-order valence-electron chi connectivity index (χ4n) is 2.67. The van der Waals surface area contributed by atoms with Crippen molar-refractivity contribution in [3.05, 3.63) is 16.2 Å². The van der Waals surface area contributed by atoms with Gasteiger partial charge in [-0.1, -0.05) is 38.9 Å². The SMILES string of the molecule is CCN(C)/C=N/c1cc(Br)c(OCC[Si](CC)(CC)CC)nc1C. The van der Waals surface area contributed by atoms with Crippen LogP contribution in [0.25, 0.3) is 0 Å². The molecule has 4 nitrogen and oxygen atoms in total. The molecular weight excluding hydrogens is 382 g/mol. The third kappa shape index (κ3) is 5.88. The quantitative estimate of drug-likeness (QED) is 0.282. The minimum atomic E-state index is -1.14. The van der Waals surface area contributed by atoms with E-state index in [0.717, 1.165) is 29.0 Å². The Kier molecular flexibility index (Phi) is 8.98. The van der Waals surface area contributed by atoms with Crippen molar-refractivity contribution in [1.29, 1.82) is 0 Å². The van der Waals surface area contributed by atoms with Gasteiger partial charge in [0, 0.05) is 13.6 Å².